The van der Waals surface area contributed by atoms with Crippen LogP contribution in [0.4, 0.5) is 24.5 Å². The van der Waals surface area contributed by atoms with Crippen molar-refractivity contribution in [2.45, 2.75) is 20.0 Å². The highest BCUT2D eigenvalue weighted by Gasteiger charge is 2.35. The van der Waals surface area contributed by atoms with Crippen LogP contribution in [-0.2, 0) is 0 Å². The van der Waals surface area contributed by atoms with E-state index in [2.05, 4.69) is 4.99 Å². The van der Waals surface area contributed by atoms with Gasteiger partial charge in [-0.15, -0.1) is 0 Å². The minimum Gasteiger partial charge on any atom is -0.258 e. The molecule has 0 amide bonds. The molecule has 0 aliphatic heterocycles. The SMILES string of the molecule is Cc1ccc([N+](=O)[O-])c(C)c1/N=C(/Cl)C(F)(F)F. The largest absolute Gasteiger partial charge is 0.444 e. The molecule has 4 nitrogen and oxygen atoms in total. The number of nitro benzene ring substituents is 1. The molecule has 0 saturated heterocycles. The Hall–Kier alpha value is -1.63. The van der Waals surface area contributed by atoms with E-state index in [0.29, 0.717) is 5.56 Å². The predicted octanol–water partition coefficient (Wildman–Crippen LogP) is 4.04. The molecule has 0 aromatic heterocycles. The van der Waals surface area contributed by atoms with Crippen LogP contribution in [0.15, 0.2) is 17.1 Å². The molecular formula is C10H8ClF3N2O2. The summed E-state index contributed by atoms with van der Waals surface area (Å²) >= 11 is 5.02. The van der Waals surface area contributed by atoms with Crippen LogP contribution in [-0.4, -0.2) is 16.3 Å². The molecule has 0 aliphatic rings. The molecule has 0 spiro atoms. The fourth-order valence-corrected chi connectivity index (χ4v) is 1.44. The molecule has 18 heavy (non-hydrogen) atoms. The van der Waals surface area contributed by atoms with Crippen molar-refractivity contribution >= 4 is 28.1 Å². The van der Waals surface area contributed by atoms with E-state index in [4.69, 9.17) is 11.6 Å². The Balaban J connectivity index is 3.42. The van der Waals surface area contributed by atoms with Crippen LogP contribution < -0.4 is 0 Å². The van der Waals surface area contributed by atoms with Crippen LogP contribution in [0.25, 0.3) is 0 Å². The predicted molar refractivity (Wildman–Crippen MR) is 61.6 cm³/mol. The van der Waals surface area contributed by atoms with Gasteiger partial charge in [0, 0.05) is 6.07 Å². The molecule has 0 fully saturated rings. The smallest absolute Gasteiger partial charge is 0.258 e. The van der Waals surface area contributed by atoms with Crippen molar-refractivity contribution in [2.24, 2.45) is 4.99 Å². The highest BCUT2D eigenvalue weighted by atomic mass is 35.5. The molecule has 8 heteroatoms. The van der Waals surface area contributed by atoms with Gasteiger partial charge in [-0.1, -0.05) is 17.7 Å². The van der Waals surface area contributed by atoms with Gasteiger partial charge in [-0.3, -0.25) is 10.1 Å². The molecule has 1 aromatic carbocycles. The van der Waals surface area contributed by atoms with Crippen molar-refractivity contribution in [1.29, 1.82) is 0 Å². The van der Waals surface area contributed by atoms with Crippen LogP contribution in [0.2, 0.25) is 0 Å². The highest BCUT2D eigenvalue weighted by Crippen LogP contribution is 2.33. The molecule has 0 radical (unpaired) electrons. The van der Waals surface area contributed by atoms with Gasteiger partial charge >= 0.3 is 6.18 Å². The van der Waals surface area contributed by atoms with Crippen LogP contribution >= 0.6 is 11.6 Å². The first-order chi connectivity index (χ1) is 8.14. The number of aliphatic imine (C=N–C) groups is 1. The number of aryl methyl sites for hydroxylation is 1. The molecule has 98 valence electrons. The number of halogens is 4. The van der Waals surface area contributed by atoms with Crippen molar-refractivity contribution in [1.82, 2.24) is 0 Å². The van der Waals surface area contributed by atoms with Crippen LogP contribution in [0.1, 0.15) is 11.1 Å². The lowest BCUT2D eigenvalue weighted by Gasteiger charge is -2.08. The zero-order valence-corrected chi connectivity index (χ0v) is 10.1. The summed E-state index contributed by atoms with van der Waals surface area (Å²) < 4.78 is 36.8. The lowest BCUT2D eigenvalue weighted by atomic mass is 10.1. The zero-order chi connectivity index (χ0) is 14.1. The van der Waals surface area contributed by atoms with Crippen molar-refractivity contribution in [3.8, 4) is 0 Å². The molecule has 0 atom stereocenters. The van der Waals surface area contributed by atoms with E-state index in [1.165, 1.54) is 26.0 Å². The van der Waals surface area contributed by atoms with Gasteiger partial charge in [0.15, 0.2) is 0 Å². The summed E-state index contributed by atoms with van der Waals surface area (Å²) in [4.78, 5) is 13.2. The Bertz CT molecular complexity index is 527. The number of rotatable bonds is 2. The molecule has 1 aromatic rings. The van der Waals surface area contributed by atoms with Crippen molar-refractivity contribution in [3.05, 3.63) is 33.4 Å². The van der Waals surface area contributed by atoms with E-state index >= 15 is 0 Å². The third-order valence-electron chi connectivity index (χ3n) is 2.24. The molecule has 0 bridgehead atoms. The summed E-state index contributed by atoms with van der Waals surface area (Å²) in [5, 5.41) is 9.11. The van der Waals surface area contributed by atoms with Gasteiger partial charge in [-0.05, 0) is 19.4 Å². The lowest BCUT2D eigenvalue weighted by Crippen LogP contribution is -2.16. The van der Waals surface area contributed by atoms with Crippen LogP contribution in [0.5, 0.6) is 0 Å². The molecular weight excluding hydrogens is 273 g/mol. The maximum Gasteiger partial charge on any atom is 0.444 e. The molecule has 0 heterocycles. The van der Waals surface area contributed by atoms with Crippen molar-refractivity contribution in [2.75, 3.05) is 0 Å². The molecule has 0 unspecified atom stereocenters. The summed E-state index contributed by atoms with van der Waals surface area (Å²) in [7, 11) is 0. The molecule has 1 rings (SSSR count). The van der Waals surface area contributed by atoms with E-state index < -0.39 is 16.3 Å². The average molecular weight is 281 g/mol. The maximum atomic E-state index is 12.3. The molecule has 0 aliphatic carbocycles. The molecule has 0 N–H and O–H groups in total. The number of benzene rings is 1. The number of hydrogen-bond donors (Lipinski definition) is 0. The summed E-state index contributed by atoms with van der Waals surface area (Å²) in [5.74, 6) is 0. The summed E-state index contributed by atoms with van der Waals surface area (Å²) in [6.45, 7) is 2.82. The number of nitrogens with zero attached hydrogens (tertiary/aromatic N) is 2. The van der Waals surface area contributed by atoms with Gasteiger partial charge in [0.1, 0.15) is 0 Å². The second kappa shape index (κ2) is 4.93. The summed E-state index contributed by atoms with van der Waals surface area (Å²) in [6.07, 6.45) is -4.77. The van der Waals surface area contributed by atoms with E-state index in [-0.39, 0.29) is 16.9 Å². The monoisotopic (exact) mass is 280 g/mol. The minimum atomic E-state index is -4.77. The Kier molecular flexibility index (Phi) is 3.95. The first-order valence-electron chi connectivity index (χ1n) is 4.70. The van der Waals surface area contributed by atoms with Gasteiger partial charge in [0.2, 0.25) is 5.17 Å². The fourth-order valence-electron chi connectivity index (χ4n) is 1.36. The number of hydrogen-bond acceptors (Lipinski definition) is 3. The summed E-state index contributed by atoms with van der Waals surface area (Å²) in [5.41, 5.74) is -0.0135. The van der Waals surface area contributed by atoms with E-state index in [9.17, 15) is 23.3 Å². The summed E-state index contributed by atoms with van der Waals surface area (Å²) in [6, 6.07) is 2.54. The Morgan fingerprint density at radius 3 is 2.39 bits per heavy atom. The first-order valence-corrected chi connectivity index (χ1v) is 5.08. The van der Waals surface area contributed by atoms with Crippen molar-refractivity contribution in [3.63, 3.8) is 0 Å². The third-order valence-corrected chi connectivity index (χ3v) is 2.54. The second-order valence-corrected chi connectivity index (χ2v) is 3.89. The van der Waals surface area contributed by atoms with Crippen molar-refractivity contribution < 1.29 is 18.1 Å². The van der Waals surface area contributed by atoms with Gasteiger partial charge in [0.05, 0.1) is 16.2 Å². The quantitative estimate of drug-likeness (QED) is 0.466. The second-order valence-electron chi connectivity index (χ2n) is 3.53. The zero-order valence-electron chi connectivity index (χ0n) is 9.38. The highest BCUT2D eigenvalue weighted by molar-refractivity contribution is 6.67. The lowest BCUT2D eigenvalue weighted by molar-refractivity contribution is -0.385. The van der Waals surface area contributed by atoms with E-state index in [0.717, 1.165) is 0 Å². The van der Waals surface area contributed by atoms with Crippen LogP contribution in [0.3, 0.4) is 0 Å². The maximum absolute atomic E-state index is 12.3. The first kappa shape index (κ1) is 14.4. The fraction of sp³-hybridized carbons (Fsp3) is 0.300. The minimum absolute atomic E-state index is 0.0439. The van der Waals surface area contributed by atoms with Gasteiger partial charge in [-0.25, -0.2) is 4.99 Å². The Morgan fingerprint density at radius 2 is 1.94 bits per heavy atom. The van der Waals surface area contributed by atoms with Gasteiger partial charge in [0.25, 0.3) is 5.69 Å². The van der Waals surface area contributed by atoms with Crippen LogP contribution in [0, 0.1) is 24.0 Å². The topological polar surface area (TPSA) is 55.5 Å². The average Bonchev–Trinajstić information content (AvgIpc) is 2.21. The van der Waals surface area contributed by atoms with Gasteiger partial charge in [-0.2, -0.15) is 13.2 Å². The number of alkyl halides is 3. The molecule has 0 saturated carbocycles. The van der Waals surface area contributed by atoms with Gasteiger partial charge < -0.3 is 0 Å². The Labute approximate surface area is 105 Å². The normalized spacial score (nSPS) is 12.7. The van der Waals surface area contributed by atoms with E-state index in [1.807, 2.05) is 0 Å². The number of nitro groups is 1. The Morgan fingerprint density at radius 1 is 1.39 bits per heavy atom. The standard InChI is InChI=1S/C10H8ClF3N2O2/c1-5-3-4-7(16(17)18)6(2)8(5)15-9(11)10(12,13)14/h3-4H,1-2H3/b15-9+. The van der Waals surface area contributed by atoms with E-state index in [1.54, 1.807) is 0 Å². The third kappa shape index (κ3) is 2.98.